The average molecular weight is 529 g/mol. The fourth-order valence-corrected chi connectivity index (χ4v) is 6.64. The summed E-state index contributed by atoms with van der Waals surface area (Å²) in [5.41, 5.74) is 0.996. The largest absolute Gasteiger partial charge is 0.460 e. The molecule has 1 aliphatic rings. The summed E-state index contributed by atoms with van der Waals surface area (Å²) in [6.45, 7) is 3.58. The summed E-state index contributed by atoms with van der Waals surface area (Å²) >= 11 is 5.83. The lowest BCUT2D eigenvalue weighted by Gasteiger charge is -2.44. The Morgan fingerprint density at radius 3 is 2.64 bits per heavy atom. The van der Waals surface area contributed by atoms with Crippen LogP contribution in [-0.2, 0) is 25.0 Å². The fraction of sp³-hybridized carbons (Fsp3) is 0.423. The number of carbonyl (C=O) groups is 1. The lowest BCUT2D eigenvalue weighted by molar-refractivity contribution is -0.156. The van der Waals surface area contributed by atoms with Crippen molar-refractivity contribution in [2.75, 3.05) is 7.05 Å². The minimum Gasteiger partial charge on any atom is -0.460 e. The van der Waals surface area contributed by atoms with Crippen molar-refractivity contribution in [3.05, 3.63) is 66.6 Å². The first-order chi connectivity index (χ1) is 17.2. The Bertz CT molecular complexity index is 1340. The smallest absolute Gasteiger partial charge is 0.324 e. The molecule has 1 aliphatic carbocycles. The van der Waals surface area contributed by atoms with Crippen molar-refractivity contribution in [2.45, 2.75) is 62.0 Å². The predicted molar refractivity (Wildman–Crippen MR) is 142 cm³/mol. The highest BCUT2D eigenvalue weighted by atomic mass is 32.2. The fourth-order valence-electron chi connectivity index (χ4n) is 4.93. The predicted octanol–water partition coefficient (Wildman–Crippen LogP) is 3.61. The number of nitrogens with zero attached hydrogens (tertiary/aromatic N) is 2. The van der Waals surface area contributed by atoms with E-state index in [0.717, 1.165) is 24.1 Å². The quantitative estimate of drug-likeness (QED) is 0.340. The van der Waals surface area contributed by atoms with Gasteiger partial charge in [0, 0.05) is 25.6 Å². The number of esters is 1. The Morgan fingerprint density at radius 2 is 1.94 bits per heavy atom. The standard InChI is InChI=1S/C26H32N4O4S2/c1-18(2)23(29-36(32,33)20-9-5-4-6-10-20)24(31)34-21-11-7-8-14-26(21,25(35)27-3)19-12-13-22-28-15-16-30(22)17-19/h4-6,9-10,12-13,15-18,21,23,29H,7-8,11,14H2,1-3H3,(H,27,35)/t21?,23-,26?/m0/s1. The van der Waals surface area contributed by atoms with E-state index in [9.17, 15) is 13.2 Å². The van der Waals surface area contributed by atoms with Crippen LogP contribution < -0.4 is 10.0 Å². The second-order valence-electron chi connectivity index (χ2n) is 9.49. The zero-order chi connectivity index (χ0) is 25.9. The molecule has 36 heavy (non-hydrogen) atoms. The van der Waals surface area contributed by atoms with Crippen LogP contribution in [0.3, 0.4) is 0 Å². The molecule has 1 fully saturated rings. The summed E-state index contributed by atoms with van der Waals surface area (Å²) in [7, 11) is -2.13. The highest BCUT2D eigenvalue weighted by Gasteiger charge is 2.49. The highest BCUT2D eigenvalue weighted by Crippen LogP contribution is 2.42. The zero-order valence-corrected chi connectivity index (χ0v) is 22.3. The molecule has 2 aromatic heterocycles. The third kappa shape index (κ3) is 5.02. The average Bonchev–Trinajstić information content (AvgIpc) is 3.35. The molecule has 3 atom stereocenters. The number of nitrogens with one attached hydrogen (secondary N) is 2. The van der Waals surface area contributed by atoms with Crippen LogP contribution in [0.25, 0.3) is 5.65 Å². The topological polar surface area (TPSA) is 102 Å². The maximum absolute atomic E-state index is 13.5. The number of likely N-dealkylation sites (N-methyl/N-ethyl adjacent to an activating group) is 1. The number of aromatic nitrogens is 2. The van der Waals surface area contributed by atoms with E-state index in [4.69, 9.17) is 17.0 Å². The Hall–Kier alpha value is -2.82. The number of ether oxygens (including phenoxy) is 1. The normalized spacial score (nSPS) is 21.3. The van der Waals surface area contributed by atoms with Gasteiger partial charge in [0.2, 0.25) is 10.0 Å². The second kappa shape index (κ2) is 10.7. The molecule has 0 aliphatic heterocycles. The number of fused-ring (bicyclic) bond motifs is 1. The van der Waals surface area contributed by atoms with Crippen molar-refractivity contribution in [3.63, 3.8) is 0 Å². The maximum Gasteiger partial charge on any atom is 0.324 e. The molecule has 0 spiro atoms. The molecule has 0 bridgehead atoms. The molecule has 3 aromatic rings. The summed E-state index contributed by atoms with van der Waals surface area (Å²) in [5, 5.41) is 3.13. The van der Waals surface area contributed by atoms with E-state index >= 15 is 0 Å². The minimum absolute atomic E-state index is 0.0976. The van der Waals surface area contributed by atoms with Gasteiger partial charge in [0.25, 0.3) is 0 Å². The summed E-state index contributed by atoms with van der Waals surface area (Å²) in [5.74, 6) is -0.934. The summed E-state index contributed by atoms with van der Waals surface area (Å²) < 4.78 is 36.6. The van der Waals surface area contributed by atoms with Gasteiger partial charge in [-0.2, -0.15) is 4.72 Å². The number of carbonyl (C=O) groups excluding carboxylic acids is 1. The summed E-state index contributed by atoms with van der Waals surface area (Å²) in [6, 6.07) is 10.9. The monoisotopic (exact) mass is 528 g/mol. The lowest BCUT2D eigenvalue weighted by Crippen LogP contribution is -2.56. The number of hydrogen-bond donors (Lipinski definition) is 2. The summed E-state index contributed by atoms with van der Waals surface area (Å²) in [4.78, 5) is 18.5. The molecule has 2 heterocycles. The van der Waals surface area contributed by atoms with Crippen LogP contribution in [0.4, 0.5) is 0 Å². The van der Waals surface area contributed by atoms with E-state index < -0.39 is 33.6 Å². The van der Waals surface area contributed by atoms with Gasteiger partial charge in [-0.15, -0.1) is 0 Å². The van der Waals surface area contributed by atoms with Crippen molar-refractivity contribution in [1.29, 1.82) is 0 Å². The van der Waals surface area contributed by atoms with E-state index in [2.05, 4.69) is 15.0 Å². The van der Waals surface area contributed by atoms with Crippen LogP contribution in [0.2, 0.25) is 0 Å². The number of imidazole rings is 1. The molecule has 8 nitrogen and oxygen atoms in total. The Balaban J connectivity index is 1.67. The molecule has 2 N–H and O–H groups in total. The first-order valence-corrected chi connectivity index (χ1v) is 14.0. The van der Waals surface area contributed by atoms with Crippen LogP contribution >= 0.6 is 12.2 Å². The van der Waals surface area contributed by atoms with E-state index in [1.165, 1.54) is 12.1 Å². The Labute approximate surface area is 217 Å². The van der Waals surface area contributed by atoms with Gasteiger partial charge in [0.1, 0.15) is 17.8 Å². The summed E-state index contributed by atoms with van der Waals surface area (Å²) in [6.07, 6.45) is 8.14. The van der Waals surface area contributed by atoms with Crippen LogP contribution in [0.5, 0.6) is 0 Å². The number of benzene rings is 1. The Kier molecular flexibility index (Phi) is 7.77. The van der Waals surface area contributed by atoms with Crippen molar-refractivity contribution >= 4 is 38.8 Å². The van der Waals surface area contributed by atoms with E-state index in [1.807, 2.05) is 28.9 Å². The van der Waals surface area contributed by atoms with E-state index in [0.29, 0.717) is 17.8 Å². The van der Waals surface area contributed by atoms with Crippen LogP contribution in [0, 0.1) is 5.92 Å². The number of sulfonamides is 1. The van der Waals surface area contributed by atoms with E-state index in [1.54, 1.807) is 45.3 Å². The van der Waals surface area contributed by atoms with Gasteiger partial charge in [0.05, 0.1) is 15.3 Å². The molecule has 4 rings (SSSR count). The maximum atomic E-state index is 13.5. The zero-order valence-electron chi connectivity index (χ0n) is 20.7. The van der Waals surface area contributed by atoms with Crippen molar-refractivity contribution in [1.82, 2.24) is 19.4 Å². The number of thiocarbonyl (C=S) groups is 1. The van der Waals surface area contributed by atoms with E-state index in [-0.39, 0.29) is 10.8 Å². The number of rotatable bonds is 8. The molecule has 10 heteroatoms. The molecular formula is C26H32N4O4S2. The molecule has 2 unspecified atom stereocenters. The van der Waals surface area contributed by atoms with Gasteiger partial charge in [-0.05, 0) is 48.9 Å². The third-order valence-electron chi connectivity index (χ3n) is 6.89. The van der Waals surface area contributed by atoms with Gasteiger partial charge >= 0.3 is 5.97 Å². The molecule has 1 saturated carbocycles. The molecule has 1 aromatic carbocycles. The first-order valence-electron chi connectivity index (χ1n) is 12.1. The van der Waals surface area contributed by atoms with Gasteiger partial charge in [-0.1, -0.05) is 56.8 Å². The van der Waals surface area contributed by atoms with Crippen molar-refractivity contribution in [2.24, 2.45) is 5.92 Å². The molecule has 0 amide bonds. The minimum atomic E-state index is -3.91. The van der Waals surface area contributed by atoms with Crippen LogP contribution in [0.15, 0.2) is 66.0 Å². The van der Waals surface area contributed by atoms with Gasteiger partial charge in [-0.3, -0.25) is 4.79 Å². The van der Waals surface area contributed by atoms with Crippen molar-refractivity contribution in [3.8, 4) is 0 Å². The molecule has 0 saturated heterocycles. The number of hydrogen-bond acceptors (Lipinski definition) is 6. The first kappa shape index (κ1) is 26.2. The SMILES string of the molecule is CNC(=S)C1(c2ccc3nccn3c2)CCCCC1OC(=O)[C@@H](NS(=O)(=O)c1ccccc1)C(C)C. The molecule has 192 valence electrons. The van der Waals surface area contributed by atoms with Crippen LogP contribution in [-0.4, -0.2) is 48.0 Å². The number of pyridine rings is 1. The van der Waals surface area contributed by atoms with Gasteiger partial charge in [0.15, 0.2) is 0 Å². The second-order valence-corrected chi connectivity index (χ2v) is 11.6. The lowest BCUT2D eigenvalue weighted by atomic mass is 9.67. The Morgan fingerprint density at radius 1 is 1.19 bits per heavy atom. The van der Waals surface area contributed by atoms with Crippen LogP contribution in [0.1, 0.15) is 45.1 Å². The van der Waals surface area contributed by atoms with Gasteiger partial charge < -0.3 is 14.5 Å². The molecule has 0 radical (unpaired) electrons. The van der Waals surface area contributed by atoms with Crippen molar-refractivity contribution < 1.29 is 17.9 Å². The highest BCUT2D eigenvalue weighted by molar-refractivity contribution is 7.89. The third-order valence-corrected chi connectivity index (χ3v) is 8.91. The van der Waals surface area contributed by atoms with Gasteiger partial charge in [-0.25, -0.2) is 13.4 Å². The molecular weight excluding hydrogens is 496 g/mol.